The predicted octanol–water partition coefficient (Wildman–Crippen LogP) is 5.50. The molecule has 10 heteroatoms. The number of pyridine rings is 1. The fraction of sp³-hybridized carbons (Fsp3) is 0.294. The SMILES string of the molecule is Cc1c(NC(=O)c2ccc(C(C)(C)C)cc2)cccc1N1C=C(Nc2ccc(C(=O)N3CCOCC3)cn2)c2nccn2C1. The Bertz CT molecular complexity index is 1700. The summed E-state index contributed by atoms with van der Waals surface area (Å²) < 4.78 is 7.40. The number of hydrogen-bond acceptors (Lipinski definition) is 7. The molecule has 4 aromatic rings. The second-order valence-electron chi connectivity index (χ2n) is 12.1. The highest BCUT2D eigenvalue weighted by atomic mass is 16.5. The van der Waals surface area contributed by atoms with Gasteiger partial charge in [-0.2, -0.15) is 0 Å². The topological polar surface area (TPSA) is 105 Å². The number of nitrogens with zero attached hydrogens (tertiary/aromatic N) is 5. The zero-order valence-corrected chi connectivity index (χ0v) is 25.5. The largest absolute Gasteiger partial charge is 0.378 e. The predicted molar refractivity (Wildman–Crippen MR) is 172 cm³/mol. The summed E-state index contributed by atoms with van der Waals surface area (Å²) in [4.78, 5) is 39.0. The number of ether oxygens (including phenoxy) is 1. The molecule has 0 saturated carbocycles. The van der Waals surface area contributed by atoms with Crippen LogP contribution in [0.5, 0.6) is 0 Å². The molecule has 1 fully saturated rings. The normalized spacial score (nSPS) is 15.0. The molecule has 2 N–H and O–H groups in total. The first-order chi connectivity index (χ1) is 21.2. The molecule has 4 heterocycles. The number of morpholine rings is 1. The maximum Gasteiger partial charge on any atom is 0.255 e. The summed E-state index contributed by atoms with van der Waals surface area (Å²) in [5, 5.41) is 6.48. The second kappa shape index (κ2) is 12.0. The van der Waals surface area contributed by atoms with Crippen LogP contribution in [-0.4, -0.2) is 57.6 Å². The van der Waals surface area contributed by atoms with Gasteiger partial charge in [0.05, 0.1) is 24.5 Å². The number of fused-ring (bicyclic) bond motifs is 1. The number of benzene rings is 2. The van der Waals surface area contributed by atoms with Gasteiger partial charge in [-0.3, -0.25) is 9.59 Å². The van der Waals surface area contributed by atoms with Gasteiger partial charge in [0, 0.05) is 54.8 Å². The van der Waals surface area contributed by atoms with Crippen molar-refractivity contribution in [1.29, 1.82) is 0 Å². The lowest BCUT2D eigenvalue weighted by atomic mass is 9.86. The van der Waals surface area contributed by atoms with E-state index in [9.17, 15) is 9.59 Å². The second-order valence-corrected chi connectivity index (χ2v) is 12.1. The van der Waals surface area contributed by atoms with Crippen molar-refractivity contribution in [1.82, 2.24) is 19.4 Å². The number of imidazole rings is 1. The zero-order chi connectivity index (χ0) is 30.8. The molecule has 2 amide bonds. The summed E-state index contributed by atoms with van der Waals surface area (Å²) in [5.74, 6) is 1.18. The van der Waals surface area contributed by atoms with E-state index in [-0.39, 0.29) is 17.2 Å². The Balaban J connectivity index is 1.20. The van der Waals surface area contributed by atoms with Crippen LogP contribution in [0.15, 0.2) is 79.4 Å². The quantitative estimate of drug-likeness (QED) is 0.305. The molecule has 0 aliphatic carbocycles. The Morgan fingerprint density at radius 3 is 2.39 bits per heavy atom. The highest BCUT2D eigenvalue weighted by molar-refractivity contribution is 6.05. The molecule has 0 atom stereocenters. The third-order valence-electron chi connectivity index (χ3n) is 7.99. The molecule has 10 nitrogen and oxygen atoms in total. The Kier molecular flexibility index (Phi) is 7.92. The first-order valence-corrected chi connectivity index (χ1v) is 14.8. The molecule has 0 spiro atoms. The van der Waals surface area contributed by atoms with Gasteiger partial charge in [0.2, 0.25) is 0 Å². The van der Waals surface area contributed by atoms with E-state index in [1.54, 1.807) is 29.4 Å². The van der Waals surface area contributed by atoms with Crippen LogP contribution < -0.4 is 15.5 Å². The fourth-order valence-electron chi connectivity index (χ4n) is 5.39. The molecule has 0 unspecified atom stereocenters. The first kappa shape index (κ1) is 29.1. The minimum absolute atomic E-state index is 0.0201. The molecule has 2 aromatic heterocycles. The molecule has 1 saturated heterocycles. The zero-order valence-electron chi connectivity index (χ0n) is 25.5. The molecule has 6 rings (SSSR count). The van der Waals surface area contributed by atoms with E-state index in [2.05, 4.69) is 46.3 Å². The smallest absolute Gasteiger partial charge is 0.255 e. The van der Waals surface area contributed by atoms with E-state index in [1.165, 1.54) is 5.56 Å². The Labute approximate surface area is 257 Å². The van der Waals surface area contributed by atoms with Crippen molar-refractivity contribution in [2.24, 2.45) is 0 Å². The number of rotatable bonds is 6. The van der Waals surface area contributed by atoms with Crippen molar-refractivity contribution in [3.8, 4) is 0 Å². The monoisotopic (exact) mass is 591 g/mol. The van der Waals surface area contributed by atoms with Gasteiger partial charge in [0.15, 0.2) is 5.82 Å². The van der Waals surface area contributed by atoms with Gasteiger partial charge in [0.25, 0.3) is 11.8 Å². The number of anilines is 3. The Hall–Kier alpha value is -4.96. The molecular weight excluding hydrogens is 554 g/mol. The van der Waals surface area contributed by atoms with E-state index >= 15 is 0 Å². The Morgan fingerprint density at radius 1 is 0.932 bits per heavy atom. The average Bonchev–Trinajstić information content (AvgIpc) is 3.51. The summed E-state index contributed by atoms with van der Waals surface area (Å²) in [6.45, 7) is 11.3. The lowest BCUT2D eigenvalue weighted by molar-refractivity contribution is 0.0302. The van der Waals surface area contributed by atoms with Gasteiger partial charge in [-0.05, 0) is 59.9 Å². The summed E-state index contributed by atoms with van der Waals surface area (Å²) >= 11 is 0. The minimum atomic E-state index is -0.152. The van der Waals surface area contributed by atoms with E-state index < -0.39 is 0 Å². The lowest BCUT2D eigenvalue weighted by Crippen LogP contribution is -2.40. The molecule has 2 aliphatic rings. The van der Waals surface area contributed by atoms with E-state index in [0.29, 0.717) is 49.9 Å². The lowest BCUT2D eigenvalue weighted by Gasteiger charge is -2.30. The van der Waals surface area contributed by atoms with Gasteiger partial charge in [0.1, 0.15) is 12.5 Å². The summed E-state index contributed by atoms with van der Waals surface area (Å²) in [5.41, 5.74) is 5.74. The van der Waals surface area contributed by atoms with Crippen LogP contribution in [0.2, 0.25) is 0 Å². The van der Waals surface area contributed by atoms with Gasteiger partial charge in [-0.1, -0.05) is 39.0 Å². The van der Waals surface area contributed by atoms with Crippen molar-refractivity contribution in [2.75, 3.05) is 41.8 Å². The minimum Gasteiger partial charge on any atom is -0.378 e. The summed E-state index contributed by atoms with van der Waals surface area (Å²) in [6, 6.07) is 17.3. The average molecular weight is 592 g/mol. The Morgan fingerprint density at radius 2 is 1.68 bits per heavy atom. The van der Waals surface area contributed by atoms with Crippen molar-refractivity contribution in [3.05, 3.63) is 107 Å². The van der Waals surface area contributed by atoms with Gasteiger partial charge < -0.3 is 29.7 Å². The van der Waals surface area contributed by atoms with Crippen LogP contribution in [0.4, 0.5) is 17.2 Å². The van der Waals surface area contributed by atoms with Gasteiger partial charge in [-0.25, -0.2) is 9.97 Å². The number of carbonyl (C=O) groups excluding carboxylic acids is 2. The van der Waals surface area contributed by atoms with Crippen LogP contribution in [-0.2, 0) is 16.8 Å². The number of nitrogens with one attached hydrogen (secondary N) is 2. The van der Waals surface area contributed by atoms with Crippen LogP contribution in [0, 0.1) is 6.92 Å². The maximum atomic E-state index is 13.2. The van der Waals surface area contributed by atoms with E-state index in [1.807, 2.05) is 66.4 Å². The van der Waals surface area contributed by atoms with Crippen molar-refractivity contribution in [3.63, 3.8) is 0 Å². The molecule has 2 aliphatic heterocycles. The third-order valence-corrected chi connectivity index (χ3v) is 7.99. The van der Waals surface area contributed by atoms with E-state index in [0.717, 1.165) is 28.5 Å². The van der Waals surface area contributed by atoms with E-state index in [4.69, 9.17) is 4.74 Å². The first-order valence-electron chi connectivity index (χ1n) is 14.8. The molecule has 226 valence electrons. The fourth-order valence-corrected chi connectivity index (χ4v) is 5.39. The van der Waals surface area contributed by atoms with Crippen molar-refractivity contribution >= 4 is 34.7 Å². The molecular formula is C34H37N7O3. The van der Waals surface area contributed by atoms with Gasteiger partial charge >= 0.3 is 0 Å². The summed E-state index contributed by atoms with van der Waals surface area (Å²) in [7, 11) is 0. The molecule has 0 bridgehead atoms. The van der Waals surface area contributed by atoms with Crippen molar-refractivity contribution < 1.29 is 14.3 Å². The van der Waals surface area contributed by atoms with Crippen LogP contribution >= 0.6 is 0 Å². The highest BCUT2D eigenvalue weighted by Gasteiger charge is 2.23. The van der Waals surface area contributed by atoms with Crippen LogP contribution in [0.25, 0.3) is 5.70 Å². The molecule has 0 radical (unpaired) electrons. The number of aromatic nitrogens is 3. The third kappa shape index (κ3) is 6.07. The molecule has 44 heavy (non-hydrogen) atoms. The highest BCUT2D eigenvalue weighted by Crippen LogP contribution is 2.32. The maximum absolute atomic E-state index is 13.2. The van der Waals surface area contributed by atoms with Crippen LogP contribution in [0.3, 0.4) is 0 Å². The molecule has 2 aromatic carbocycles. The standard InChI is InChI=1S/C34H37N7O3/c1-23-27(38-32(42)24-8-11-26(12-9-24)34(2,3)4)6-5-7-29(23)41-21-28(31-35-14-15-40(31)22-41)37-30-13-10-25(20-36-30)33(43)39-16-18-44-19-17-39/h5-15,20-21H,16-19,22H2,1-4H3,(H,36,37)(H,38,42). The number of hydrogen-bond donors (Lipinski definition) is 2. The number of amides is 2. The van der Waals surface area contributed by atoms with Crippen LogP contribution in [0.1, 0.15) is 58.4 Å². The number of carbonyl (C=O) groups is 2. The van der Waals surface area contributed by atoms with Gasteiger partial charge in [-0.15, -0.1) is 0 Å². The summed E-state index contributed by atoms with van der Waals surface area (Å²) in [6.07, 6.45) is 7.29. The van der Waals surface area contributed by atoms with Crippen molar-refractivity contribution in [2.45, 2.75) is 39.8 Å².